The van der Waals surface area contributed by atoms with Crippen molar-refractivity contribution in [2.75, 3.05) is 0 Å². The number of nitrogens with zero attached hydrogens (tertiary/aromatic N) is 4. The maximum Gasteiger partial charge on any atom is 0.164 e. The zero-order chi connectivity index (χ0) is 25.4. The Morgan fingerprint density at radius 2 is 1.19 bits per heavy atom. The van der Waals surface area contributed by atoms with E-state index in [1.807, 2.05) is 66.7 Å². The number of hydrogen-bond donors (Lipinski definition) is 0. The van der Waals surface area contributed by atoms with Gasteiger partial charge in [0.25, 0.3) is 0 Å². The highest BCUT2D eigenvalue weighted by atomic mass is 15.0. The first kappa shape index (κ1) is 23.6. The molecule has 0 saturated heterocycles. The van der Waals surface area contributed by atoms with Gasteiger partial charge >= 0.3 is 0 Å². The highest BCUT2D eigenvalue weighted by Gasteiger charge is 2.45. The van der Waals surface area contributed by atoms with Crippen molar-refractivity contribution in [1.29, 1.82) is 5.26 Å². The average molecular weight is 485 g/mol. The van der Waals surface area contributed by atoms with Crippen LogP contribution in [-0.2, 0) is 5.41 Å². The fourth-order valence-corrected chi connectivity index (χ4v) is 7.12. The van der Waals surface area contributed by atoms with Gasteiger partial charge in [-0.25, -0.2) is 15.0 Å². The molecule has 0 N–H and O–H groups in total. The molecule has 4 nitrogen and oxygen atoms in total. The summed E-state index contributed by atoms with van der Waals surface area (Å²) in [7, 11) is 0. The second kappa shape index (κ2) is 9.56. The molecule has 37 heavy (non-hydrogen) atoms. The van der Waals surface area contributed by atoms with Crippen molar-refractivity contribution in [2.45, 2.75) is 51.4 Å². The van der Waals surface area contributed by atoms with Crippen molar-refractivity contribution in [3.8, 4) is 40.2 Å². The Labute approximate surface area is 219 Å². The van der Waals surface area contributed by atoms with Gasteiger partial charge in [-0.3, -0.25) is 0 Å². The summed E-state index contributed by atoms with van der Waals surface area (Å²) in [6.07, 6.45) is 6.24. The lowest BCUT2D eigenvalue weighted by molar-refractivity contribution is 0.0780. The van der Waals surface area contributed by atoms with Crippen LogP contribution in [0.4, 0.5) is 0 Å². The SMILES string of the molecule is C[C@@H]1CC2C[C@H](C)CC(c3cc(C#N)cc(-c4nc(-c5ccccc5)nc(-c5ccccc5)n4)c3)(C2)C1. The first-order valence-electron chi connectivity index (χ1n) is 13.4. The third-order valence-corrected chi connectivity index (χ3v) is 8.26. The fourth-order valence-electron chi connectivity index (χ4n) is 7.12. The molecule has 2 aliphatic rings. The number of hydrogen-bond acceptors (Lipinski definition) is 4. The molecule has 4 aromatic rings. The summed E-state index contributed by atoms with van der Waals surface area (Å²) in [5, 5.41) is 10.0. The van der Waals surface area contributed by atoms with E-state index in [1.165, 1.54) is 37.7 Å². The highest BCUT2D eigenvalue weighted by molar-refractivity contribution is 5.68. The third kappa shape index (κ3) is 4.67. The lowest BCUT2D eigenvalue weighted by Gasteiger charge is -2.50. The molecular weight excluding hydrogens is 452 g/mol. The van der Waals surface area contributed by atoms with E-state index >= 15 is 0 Å². The van der Waals surface area contributed by atoms with Gasteiger partial charge in [-0.2, -0.15) is 5.26 Å². The van der Waals surface area contributed by atoms with Crippen LogP contribution < -0.4 is 0 Å². The molecule has 4 heteroatoms. The Kier molecular flexibility index (Phi) is 6.08. The van der Waals surface area contributed by atoms with Crippen molar-refractivity contribution < 1.29 is 0 Å². The van der Waals surface area contributed by atoms with E-state index in [4.69, 9.17) is 15.0 Å². The van der Waals surface area contributed by atoms with Gasteiger partial charge < -0.3 is 0 Å². The predicted octanol–water partition coefficient (Wildman–Crippen LogP) is 7.85. The maximum absolute atomic E-state index is 10.0. The van der Waals surface area contributed by atoms with E-state index in [2.05, 4.69) is 32.0 Å². The topological polar surface area (TPSA) is 62.5 Å². The largest absolute Gasteiger partial charge is 0.208 e. The molecule has 2 saturated carbocycles. The Morgan fingerprint density at radius 3 is 1.70 bits per heavy atom. The smallest absolute Gasteiger partial charge is 0.164 e. The van der Waals surface area contributed by atoms with Crippen LogP contribution in [-0.4, -0.2) is 15.0 Å². The molecule has 0 radical (unpaired) electrons. The van der Waals surface area contributed by atoms with Crippen LogP contribution in [0.1, 0.15) is 57.1 Å². The number of aromatic nitrogens is 3. The molecule has 2 fully saturated rings. The molecule has 3 aromatic carbocycles. The minimum Gasteiger partial charge on any atom is -0.208 e. The van der Waals surface area contributed by atoms with Crippen molar-refractivity contribution in [3.05, 3.63) is 90.0 Å². The van der Waals surface area contributed by atoms with Crippen LogP contribution in [0.5, 0.6) is 0 Å². The molecule has 2 aliphatic carbocycles. The summed E-state index contributed by atoms with van der Waals surface area (Å²) in [5.74, 6) is 4.08. The maximum atomic E-state index is 10.0. The van der Waals surface area contributed by atoms with Gasteiger partial charge in [0.05, 0.1) is 11.6 Å². The molecule has 0 aliphatic heterocycles. The van der Waals surface area contributed by atoms with Crippen molar-refractivity contribution >= 4 is 0 Å². The van der Waals surface area contributed by atoms with E-state index in [0.717, 1.165) is 22.6 Å². The van der Waals surface area contributed by atoms with Crippen molar-refractivity contribution in [1.82, 2.24) is 15.0 Å². The number of rotatable bonds is 4. The van der Waals surface area contributed by atoms with Gasteiger partial charge in [0.15, 0.2) is 17.5 Å². The van der Waals surface area contributed by atoms with Crippen LogP contribution in [0.3, 0.4) is 0 Å². The van der Waals surface area contributed by atoms with Crippen LogP contribution >= 0.6 is 0 Å². The Hall–Kier alpha value is -3.84. The first-order valence-corrected chi connectivity index (χ1v) is 13.4. The van der Waals surface area contributed by atoms with Gasteiger partial charge in [0.2, 0.25) is 0 Å². The van der Waals surface area contributed by atoms with E-state index in [9.17, 15) is 5.26 Å². The molecule has 0 amide bonds. The fraction of sp³-hybridized carbons (Fsp3) is 0.333. The van der Waals surface area contributed by atoms with Crippen LogP contribution in [0.2, 0.25) is 0 Å². The van der Waals surface area contributed by atoms with E-state index in [1.54, 1.807) is 0 Å². The molecule has 1 aromatic heterocycles. The highest BCUT2D eigenvalue weighted by Crippen LogP contribution is 2.54. The molecule has 4 atom stereocenters. The molecular formula is C33H32N4. The summed E-state index contributed by atoms with van der Waals surface area (Å²) in [4.78, 5) is 14.7. The molecule has 2 unspecified atom stereocenters. The molecule has 2 bridgehead atoms. The van der Waals surface area contributed by atoms with Gasteiger partial charge in [-0.1, -0.05) is 74.5 Å². The minimum atomic E-state index is 0.124. The lowest BCUT2D eigenvalue weighted by Crippen LogP contribution is -2.42. The quantitative estimate of drug-likeness (QED) is 0.296. The Bertz CT molecular complexity index is 1380. The summed E-state index contributed by atoms with van der Waals surface area (Å²) in [5.41, 5.74) is 4.88. The number of benzene rings is 3. The monoisotopic (exact) mass is 484 g/mol. The second-order valence-electron chi connectivity index (χ2n) is 11.4. The summed E-state index contributed by atoms with van der Waals surface area (Å²) >= 11 is 0. The molecule has 184 valence electrons. The molecule has 6 rings (SSSR count). The normalized spacial score (nSPS) is 24.8. The third-order valence-electron chi connectivity index (χ3n) is 8.26. The zero-order valence-corrected chi connectivity index (χ0v) is 21.6. The van der Waals surface area contributed by atoms with Gasteiger partial charge in [-0.05, 0) is 79.0 Å². The summed E-state index contributed by atoms with van der Waals surface area (Å²) in [6, 6.07) is 28.9. The Balaban J connectivity index is 1.52. The lowest BCUT2D eigenvalue weighted by atomic mass is 9.54. The predicted molar refractivity (Wildman–Crippen MR) is 147 cm³/mol. The van der Waals surface area contributed by atoms with Gasteiger partial charge in [0.1, 0.15) is 0 Å². The van der Waals surface area contributed by atoms with E-state index < -0.39 is 0 Å². The van der Waals surface area contributed by atoms with Crippen LogP contribution in [0.15, 0.2) is 78.9 Å². The summed E-state index contributed by atoms with van der Waals surface area (Å²) < 4.78 is 0. The van der Waals surface area contributed by atoms with Gasteiger partial charge in [0, 0.05) is 16.7 Å². The standard InChI is InChI=1S/C33H32N4/c1-22-13-24-14-23(2)19-33(18-22,20-24)29-16-25(21-34)15-28(17-29)32-36-30(26-9-5-3-6-10-26)35-31(37-32)27-11-7-4-8-12-27/h3-12,15-17,22-24H,13-14,18-20H2,1-2H3/t22-,23+,24?,33?. The van der Waals surface area contributed by atoms with Crippen molar-refractivity contribution in [2.24, 2.45) is 17.8 Å². The van der Waals surface area contributed by atoms with Crippen molar-refractivity contribution in [3.63, 3.8) is 0 Å². The van der Waals surface area contributed by atoms with E-state index in [0.29, 0.717) is 34.9 Å². The zero-order valence-electron chi connectivity index (χ0n) is 21.6. The van der Waals surface area contributed by atoms with E-state index in [-0.39, 0.29) is 5.41 Å². The first-order chi connectivity index (χ1) is 18.0. The molecule has 1 heterocycles. The van der Waals surface area contributed by atoms with Crippen LogP contribution in [0, 0.1) is 29.1 Å². The number of nitriles is 1. The van der Waals surface area contributed by atoms with Crippen LogP contribution in [0.25, 0.3) is 34.2 Å². The van der Waals surface area contributed by atoms with Gasteiger partial charge in [-0.15, -0.1) is 0 Å². The number of fused-ring (bicyclic) bond motifs is 2. The molecule has 0 spiro atoms. The Morgan fingerprint density at radius 1 is 0.676 bits per heavy atom. The average Bonchev–Trinajstić information content (AvgIpc) is 2.92. The minimum absolute atomic E-state index is 0.124. The summed E-state index contributed by atoms with van der Waals surface area (Å²) in [6.45, 7) is 4.80. The second-order valence-corrected chi connectivity index (χ2v) is 11.4.